The number of carbonyl (C=O) groups excluding carboxylic acids is 1. The Morgan fingerprint density at radius 3 is 2.42 bits per heavy atom. The summed E-state index contributed by atoms with van der Waals surface area (Å²) in [5, 5.41) is 0. The lowest BCUT2D eigenvalue weighted by atomic mass is 9.87. The van der Waals surface area contributed by atoms with E-state index in [2.05, 4.69) is 33.0 Å². The molecule has 0 unspecified atom stereocenters. The molecule has 4 nitrogen and oxygen atoms in total. The molecule has 1 aliphatic carbocycles. The Balaban J connectivity index is 1.29. The van der Waals surface area contributed by atoms with E-state index in [0.29, 0.717) is 6.61 Å². The third-order valence-electron chi connectivity index (χ3n) is 5.74. The highest BCUT2D eigenvalue weighted by Gasteiger charge is 2.23. The van der Waals surface area contributed by atoms with E-state index in [1.54, 1.807) is 0 Å². The first kappa shape index (κ1) is 19.7. The molecule has 2 fully saturated rings. The van der Waals surface area contributed by atoms with Crippen molar-refractivity contribution < 1.29 is 9.53 Å². The molecule has 1 aromatic carbocycles. The highest BCUT2D eigenvalue weighted by molar-refractivity contribution is 9.10. The summed E-state index contributed by atoms with van der Waals surface area (Å²) in [4.78, 5) is 16.6. The minimum Gasteiger partial charge on any atom is -0.449 e. The minimum atomic E-state index is -0.158. The number of carbonyl (C=O) groups is 1. The molecular formula is C21H31BrN2O2. The Hall–Kier alpha value is -1.07. The SMILES string of the molecule is O=C(OCCc1ccc(Br)cc1)N1CCN(CCC2CCCCC2)CC1. The van der Waals surface area contributed by atoms with Crippen molar-refractivity contribution in [2.75, 3.05) is 39.3 Å². The molecule has 1 heterocycles. The summed E-state index contributed by atoms with van der Waals surface area (Å²) < 4.78 is 6.53. The Labute approximate surface area is 166 Å². The van der Waals surface area contributed by atoms with E-state index in [4.69, 9.17) is 4.74 Å². The number of nitrogens with zero attached hydrogens (tertiary/aromatic N) is 2. The lowest BCUT2D eigenvalue weighted by Crippen LogP contribution is -2.49. The minimum absolute atomic E-state index is 0.158. The van der Waals surface area contributed by atoms with Crippen LogP contribution in [0.5, 0.6) is 0 Å². The molecule has 0 atom stereocenters. The van der Waals surface area contributed by atoms with E-state index in [-0.39, 0.29) is 6.09 Å². The third kappa shape index (κ3) is 6.27. The van der Waals surface area contributed by atoms with Gasteiger partial charge in [0.25, 0.3) is 0 Å². The number of benzene rings is 1. The van der Waals surface area contributed by atoms with Gasteiger partial charge in [0.1, 0.15) is 0 Å². The van der Waals surface area contributed by atoms with Crippen LogP contribution >= 0.6 is 15.9 Å². The second kappa shape index (κ2) is 10.3. The summed E-state index contributed by atoms with van der Waals surface area (Å²) in [5.74, 6) is 0.936. The van der Waals surface area contributed by atoms with E-state index in [0.717, 1.165) is 43.0 Å². The monoisotopic (exact) mass is 422 g/mol. The molecule has 26 heavy (non-hydrogen) atoms. The fourth-order valence-corrected chi connectivity index (χ4v) is 4.26. The van der Waals surface area contributed by atoms with Crippen molar-refractivity contribution in [2.24, 2.45) is 5.92 Å². The van der Waals surface area contributed by atoms with Gasteiger partial charge in [-0.15, -0.1) is 0 Å². The van der Waals surface area contributed by atoms with Crippen LogP contribution in [0, 0.1) is 5.92 Å². The van der Waals surface area contributed by atoms with E-state index >= 15 is 0 Å². The van der Waals surface area contributed by atoms with Gasteiger partial charge < -0.3 is 9.64 Å². The van der Waals surface area contributed by atoms with Crippen molar-refractivity contribution in [2.45, 2.75) is 44.9 Å². The van der Waals surface area contributed by atoms with E-state index in [1.807, 2.05) is 17.0 Å². The van der Waals surface area contributed by atoms with Crippen LogP contribution in [0.15, 0.2) is 28.7 Å². The van der Waals surface area contributed by atoms with Crippen LogP contribution < -0.4 is 0 Å². The average Bonchev–Trinajstić information content (AvgIpc) is 2.69. The molecule has 0 N–H and O–H groups in total. The first-order valence-corrected chi connectivity index (χ1v) is 10.9. The number of amides is 1. The van der Waals surface area contributed by atoms with Crippen molar-refractivity contribution in [1.29, 1.82) is 0 Å². The maximum absolute atomic E-state index is 12.2. The molecule has 0 spiro atoms. The van der Waals surface area contributed by atoms with E-state index in [1.165, 1.54) is 50.6 Å². The molecule has 1 saturated heterocycles. The average molecular weight is 423 g/mol. The molecule has 1 aliphatic heterocycles. The molecule has 1 saturated carbocycles. The van der Waals surface area contributed by atoms with Gasteiger partial charge in [0.15, 0.2) is 0 Å². The standard InChI is InChI=1S/C21H31BrN2O2/c22-20-8-6-19(7-9-20)11-17-26-21(25)24-15-13-23(14-16-24)12-10-18-4-2-1-3-5-18/h6-9,18H,1-5,10-17H2. The van der Waals surface area contributed by atoms with Crippen LogP contribution in [0.2, 0.25) is 0 Å². The Morgan fingerprint density at radius 2 is 1.73 bits per heavy atom. The van der Waals surface area contributed by atoms with Crippen LogP contribution in [0.1, 0.15) is 44.1 Å². The maximum Gasteiger partial charge on any atom is 0.409 e. The van der Waals surface area contributed by atoms with Gasteiger partial charge in [0.2, 0.25) is 0 Å². The lowest BCUT2D eigenvalue weighted by Gasteiger charge is -2.35. The Morgan fingerprint density at radius 1 is 1.04 bits per heavy atom. The number of hydrogen-bond acceptors (Lipinski definition) is 3. The fraction of sp³-hybridized carbons (Fsp3) is 0.667. The largest absolute Gasteiger partial charge is 0.449 e. The molecule has 1 aromatic rings. The zero-order valence-electron chi connectivity index (χ0n) is 15.7. The van der Waals surface area contributed by atoms with Gasteiger partial charge in [-0.2, -0.15) is 0 Å². The fourth-order valence-electron chi connectivity index (χ4n) is 3.99. The molecule has 2 aliphatic rings. The van der Waals surface area contributed by atoms with E-state index < -0.39 is 0 Å². The molecule has 0 bridgehead atoms. The van der Waals surface area contributed by atoms with Gasteiger partial charge in [-0.1, -0.05) is 60.2 Å². The first-order chi connectivity index (χ1) is 12.7. The van der Waals surface area contributed by atoms with Gasteiger partial charge >= 0.3 is 6.09 Å². The van der Waals surface area contributed by atoms with Crippen LogP contribution in [0.25, 0.3) is 0 Å². The van der Waals surface area contributed by atoms with Crippen LogP contribution in [-0.4, -0.2) is 55.2 Å². The molecular weight excluding hydrogens is 392 g/mol. The maximum atomic E-state index is 12.2. The number of rotatable bonds is 6. The topological polar surface area (TPSA) is 32.8 Å². The van der Waals surface area contributed by atoms with Crippen LogP contribution in [-0.2, 0) is 11.2 Å². The molecule has 5 heteroatoms. The quantitative estimate of drug-likeness (QED) is 0.664. The van der Waals surface area contributed by atoms with Gasteiger partial charge in [0, 0.05) is 37.1 Å². The summed E-state index contributed by atoms with van der Waals surface area (Å²) in [7, 11) is 0. The van der Waals surface area contributed by atoms with Crippen molar-refractivity contribution in [3.8, 4) is 0 Å². The van der Waals surface area contributed by atoms with E-state index in [9.17, 15) is 4.79 Å². The summed E-state index contributed by atoms with van der Waals surface area (Å²) in [6.07, 6.45) is 9.05. The zero-order chi connectivity index (χ0) is 18.2. The summed E-state index contributed by atoms with van der Waals surface area (Å²) in [6.45, 7) is 5.19. The lowest BCUT2D eigenvalue weighted by molar-refractivity contribution is 0.0749. The van der Waals surface area contributed by atoms with Crippen LogP contribution in [0.4, 0.5) is 4.79 Å². The number of hydrogen-bond donors (Lipinski definition) is 0. The van der Waals surface area contributed by atoms with Crippen molar-refractivity contribution in [1.82, 2.24) is 9.80 Å². The highest BCUT2D eigenvalue weighted by atomic mass is 79.9. The number of ether oxygens (including phenoxy) is 1. The smallest absolute Gasteiger partial charge is 0.409 e. The van der Waals surface area contributed by atoms with Gasteiger partial charge in [0.05, 0.1) is 6.61 Å². The number of halogens is 1. The Kier molecular flexibility index (Phi) is 7.81. The van der Waals surface area contributed by atoms with Crippen molar-refractivity contribution >= 4 is 22.0 Å². The Bertz CT molecular complexity index is 550. The second-order valence-corrected chi connectivity index (χ2v) is 8.53. The molecule has 144 valence electrons. The van der Waals surface area contributed by atoms with Crippen LogP contribution in [0.3, 0.4) is 0 Å². The molecule has 0 aromatic heterocycles. The summed E-state index contributed by atoms with van der Waals surface area (Å²) in [5.41, 5.74) is 1.19. The predicted octanol–water partition coefficient (Wildman–Crippen LogP) is 4.72. The first-order valence-electron chi connectivity index (χ1n) is 10.1. The summed E-state index contributed by atoms with van der Waals surface area (Å²) in [6, 6.07) is 8.15. The third-order valence-corrected chi connectivity index (χ3v) is 6.27. The van der Waals surface area contributed by atoms with Crippen molar-refractivity contribution in [3.05, 3.63) is 34.3 Å². The van der Waals surface area contributed by atoms with Gasteiger partial charge in [-0.05, 0) is 36.6 Å². The highest BCUT2D eigenvalue weighted by Crippen LogP contribution is 2.26. The molecule has 1 amide bonds. The predicted molar refractivity (Wildman–Crippen MR) is 108 cm³/mol. The normalized spacial score (nSPS) is 19.5. The summed E-state index contributed by atoms with van der Waals surface area (Å²) >= 11 is 3.43. The number of piperazine rings is 1. The molecule has 3 rings (SSSR count). The van der Waals surface area contributed by atoms with Gasteiger partial charge in [-0.25, -0.2) is 4.79 Å². The zero-order valence-corrected chi connectivity index (χ0v) is 17.3. The second-order valence-electron chi connectivity index (χ2n) is 7.61. The van der Waals surface area contributed by atoms with Crippen molar-refractivity contribution in [3.63, 3.8) is 0 Å². The van der Waals surface area contributed by atoms with Gasteiger partial charge in [-0.3, -0.25) is 4.90 Å². The molecule has 0 radical (unpaired) electrons.